The molecule has 26 heavy (non-hydrogen) atoms. The van der Waals surface area contributed by atoms with Crippen LogP contribution in [0.2, 0.25) is 0 Å². The molecule has 0 amide bonds. The largest absolute Gasteiger partial charge is 0.469 e. The molecular formula is C14H17N4O7P. The number of nitrogens with two attached hydrogens (primary N) is 1. The van der Waals surface area contributed by atoms with E-state index in [2.05, 4.69) is 20.4 Å². The molecule has 3 heterocycles. The van der Waals surface area contributed by atoms with Gasteiger partial charge in [0.25, 0.3) is 0 Å². The first-order valence-corrected chi connectivity index (χ1v) is 8.93. The third-order valence-electron chi connectivity index (χ3n) is 4.21. The standard InChI is InChI=1S/C14H17N4O7P/c1-3-7-4-18(12-9(7)11(15)16-6-17-12)13-14(2,20)10(19)8(25-13)5-24-26(21,22)23/h1,4,6,8,10,13,19-20H,5H2,2H3,(H2,15,16,17)(H2,21,22,23)/t8?,10?,13?,14-/m1/s1. The highest BCUT2D eigenvalue weighted by molar-refractivity contribution is 7.46. The van der Waals surface area contributed by atoms with Gasteiger partial charge < -0.3 is 35.0 Å². The molecule has 3 unspecified atom stereocenters. The van der Waals surface area contributed by atoms with Crippen molar-refractivity contribution in [2.45, 2.75) is 31.0 Å². The monoisotopic (exact) mass is 384 g/mol. The number of aliphatic hydroxyl groups excluding tert-OH is 1. The summed E-state index contributed by atoms with van der Waals surface area (Å²) >= 11 is 0. The van der Waals surface area contributed by atoms with E-state index in [1.807, 2.05) is 0 Å². The fourth-order valence-electron chi connectivity index (χ4n) is 2.94. The van der Waals surface area contributed by atoms with E-state index in [1.54, 1.807) is 0 Å². The molecule has 0 aromatic carbocycles. The highest BCUT2D eigenvalue weighted by Crippen LogP contribution is 2.43. The summed E-state index contributed by atoms with van der Waals surface area (Å²) in [6, 6.07) is 0. The number of nitrogens with zero attached hydrogens (tertiary/aromatic N) is 3. The van der Waals surface area contributed by atoms with Crippen LogP contribution < -0.4 is 5.73 Å². The molecule has 1 saturated heterocycles. The first-order valence-electron chi connectivity index (χ1n) is 7.40. The van der Waals surface area contributed by atoms with E-state index in [4.69, 9.17) is 26.7 Å². The molecule has 0 aliphatic carbocycles. The predicted octanol–water partition coefficient (Wildman–Crippen LogP) is -0.887. The zero-order chi connectivity index (χ0) is 19.3. The quantitative estimate of drug-likeness (QED) is 0.329. The van der Waals surface area contributed by atoms with Crippen LogP contribution in [0.25, 0.3) is 11.0 Å². The highest BCUT2D eigenvalue weighted by atomic mass is 31.2. The average molecular weight is 384 g/mol. The maximum absolute atomic E-state index is 10.9. The van der Waals surface area contributed by atoms with E-state index in [-0.39, 0.29) is 11.5 Å². The number of ether oxygens (including phenoxy) is 1. The summed E-state index contributed by atoms with van der Waals surface area (Å²) in [5.74, 6) is 2.58. The van der Waals surface area contributed by atoms with Crippen molar-refractivity contribution >= 4 is 24.7 Å². The summed E-state index contributed by atoms with van der Waals surface area (Å²) in [5, 5.41) is 21.4. The van der Waals surface area contributed by atoms with Crippen LogP contribution in [-0.2, 0) is 13.8 Å². The number of rotatable bonds is 4. The zero-order valence-electron chi connectivity index (χ0n) is 13.6. The summed E-state index contributed by atoms with van der Waals surface area (Å²) in [4.78, 5) is 25.6. The van der Waals surface area contributed by atoms with Crippen LogP contribution in [0.4, 0.5) is 5.82 Å². The molecule has 12 heteroatoms. The second kappa shape index (κ2) is 6.29. The van der Waals surface area contributed by atoms with E-state index in [9.17, 15) is 14.8 Å². The summed E-state index contributed by atoms with van der Waals surface area (Å²) in [5.41, 5.74) is 4.65. The molecule has 0 bridgehead atoms. The molecule has 3 rings (SSSR count). The van der Waals surface area contributed by atoms with Crippen LogP contribution in [-0.4, -0.2) is 59.0 Å². The lowest BCUT2D eigenvalue weighted by Gasteiger charge is -2.27. The third-order valence-corrected chi connectivity index (χ3v) is 4.69. The Hall–Kier alpha value is -2.03. The molecule has 1 aliphatic heterocycles. The molecule has 4 atom stereocenters. The van der Waals surface area contributed by atoms with E-state index >= 15 is 0 Å². The molecule has 2 aromatic heterocycles. The lowest BCUT2D eigenvalue weighted by molar-refractivity contribution is -0.0947. The lowest BCUT2D eigenvalue weighted by atomic mass is 9.96. The van der Waals surface area contributed by atoms with Crippen LogP contribution in [0.3, 0.4) is 0 Å². The summed E-state index contributed by atoms with van der Waals surface area (Å²) in [6.45, 7) is 0.683. The Kier molecular flexibility index (Phi) is 4.54. The van der Waals surface area contributed by atoms with Gasteiger partial charge in [-0.3, -0.25) is 4.52 Å². The number of terminal acetylenes is 1. The molecular weight excluding hydrogens is 367 g/mol. The molecule has 2 aromatic rings. The number of aromatic nitrogens is 3. The van der Waals surface area contributed by atoms with E-state index in [1.165, 1.54) is 24.0 Å². The Bertz CT molecular complexity index is 931. The summed E-state index contributed by atoms with van der Waals surface area (Å²) in [6.07, 6.45) is 4.30. The fraction of sp³-hybridized carbons (Fsp3) is 0.429. The first kappa shape index (κ1) is 18.8. The Morgan fingerprint density at radius 1 is 1.54 bits per heavy atom. The van der Waals surface area contributed by atoms with Gasteiger partial charge in [0.05, 0.1) is 17.6 Å². The van der Waals surface area contributed by atoms with Gasteiger partial charge in [-0.15, -0.1) is 6.42 Å². The van der Waals surface area contributed by atoms with E-state index in [0.717, 1.165) is 0 Å². The van der Waals surface area contributed by atoms with Crippen molar-refractivity contribution in [1.29, 1.82) is 0 Å². The summed E-state index contributed by atoms with van der Waals surface area (Å²) in [7, 11) is -4.77. The topological polar surface area (TPSA) is 173 Å². The highest BCUT2D eigenvalue weighted by Gasteiger charge is 2.54. The van der Waals surface area contributed by atoms with Crippen LogP contribution in [0.1, 0.15) is 18.7 Å². The maximum atomic E-state index is 10.9. The number of nitrogen functional groups attached to an aromatic ring is 1. The van der Waals surface area contributed by atoms with Gasteiger partial charge in [-0.1, -0.05) is 5.92 Å². The van der Waals surface area contributed by atoms with Crippen molar-refractivity contribution in [1.82, 2.24) is 14.5 Å². The molecule has 1 fully saturated rings. The van der Waals surface area contributed by atoms with Crippen LogP contribution in [0, 0.1) is 12.3 Å². The Morgan fingerprint density at radius 2 is 2.23 bits per heavy atom. The second-order valence-corrected chi connectivity index (χ2v) is 7.28. The number of phosphoric acid groups is 1. The van der Waals surface area contributed by atoms with Crippen molar-refractivity contribution in [3.05, 3.63) is 18.1 Å². The Morgan fingerprint density at radius 3 is 2.85 bits per heavy atom. The molecule has 6 N–H and O–H groups in total. The van der Waals surface area contributed by atoms with Gasteiger partial charge in [0.1, 0.15) is 35.6 Å². The molecule has 0 spiro atoms. The number of hydrogen-bond acceptors (Lipinski definition) is 8. The number of phosphoric ester groups is 1. The fourth-order valence-corrected chi connectivity index (χ4v) is 3.29. The van der Waals surface area contributed by atoms with Crippen molar-refractivity contribution in [2.75, 3.05) is 12.3 Å². The SMILES string of the molecule is C#Cc1cn(C2OC(COP(=O)(O)O)C(O)[C@@]2(C)O)c2ncnc(N)c12. The molecule has 140 valence electrons. The van der Waals surface area contributed by atoms with Gasteiger partial charge in [-0.25, -0.2) is 14.5 Å². The van der Waals surface area contributed by atoms with Gasteiger partial charge in [-0.2, -0.15) is 0 Å². The number of hydrogen-bond donors (Lipinski definition) is 5. The van der Waals surface area contributed by atoms with Gasteiger partial charge in [0.15, 0.2) is 6.23 Å². The number of anilines is 1. The second-order valence-electron chi connectivity index (χ2n) is 6.04. The van der Waals surface area contributed by atoms with Gasteiger partial charge in [0, 0.05) is 6.20 Å². The number of fused-ring (bicyclic) bond motifs is 1. The molecule has 0 saturated carbocycles. The van der Waals surface area contributed by atoms with E-state index in [0.29, 0.717) is 10.9 Å². The predicted molar refractivity (Wildman–Crippen MR) is 88.4 cm³/mol. The smallest absolute Gasteiger partial charge is 0.387 e. The lowest BCUT2D eigenvalue weighted by Crippen LogP contribution is -2.44. The minimum absolute atomic E-state index is 0.140. The van der Waals surface area contributed by atoms with Crippen LogP contribution >= 0.6 is 7.82 Å². The molecule has 1 aliphatic rings. The first-order chi connectivity index (χ1) is 12.1. The zero-order valence-corrected chi connectivity index (χ0v) is 14.4. The Balaban J connectivity index is 2.02. The van der Waals surface area contributed by atoms with Crippen molar-refractivity contribution < 1.29 is 33.8 Å². The Labute approximate surface area is 147 Å². The van der Waals surface area contributed by atoms with Crippen molar-refractivity contribution in [2.24, 2.45) is 0 Å². The van der Waals surface area contributed by atoms with E-state index < -0.39 is 38.5 Å². The van der Waals surface area contributed by atoms with Crippen molar-refractivity contribution in [3.8, 4) is 12.3 Å². The van der Waals surface area contributed by atoms with Gasteiger partial charge in [-0.05, 0) is 6.92 Å². The number of aliphatic hydroxyl groups is 2. The van der Waals surface area contributed by atoms with Gasteiger partial charge in [0.2, 0.25) is 0 Å². The van der Waals surface area contributed by atoms with Crippen LogP contribution in [0.5, 0.6) is 0 Å². The average Bonchev–Trinajstić information content (AvgIpc) is 3.02. The van der Waals surface area contributed by atoms with Gasteiger partial charge >= 0.3 is 7.82 Å². The molecule has 11 nitrogen and oxygen atoms in total. The van der Waals surface area contributed by atoms with Crippen molar-refractivity contribution in [3.63, 3.8) is 0 Å². The minimum atomic E-state index is -4.77. The normalized spacial score (nSPS) is 29.2. The van der Waals surface area contributed by atoms with Crippen LogP contribution in [0.15, 0.2) is 12.5 Å². The molecule has 0 radical (unpaired) electrons. The maximum Gasteiger partial charge on any atom is 0.469 e. The minimum Gasteiger partial charge on any atom is -0.387 e. The third kappa shape index (κ3) is 3.08. The summed E-state index contributed by atoms with van der Waals surface area (Å²) < 4.78 is 22.2.